The molecular formula is C53H93O13P. The monoisotopic (exact) mass is 969 g/mol. The Hall–Kier alpha value is -2.45. The largest absolute Gasteiger partial charge is 0.472 e. The molecule has 0 spiro atoms. The number of phosphoric ester groups is 1. The zero-order chi connectivity index (χ0) is 49.2. The molecule has 14 heteroatoms. The van der Waals surface area contributed by atoms with Crippen molar-refractivity contribution in [1.29, 1.82) is 0 Å². The molecule has 1 aliphatic carbocycles. The number of carbonyl (C=O) groups is 2. The third-order valence-corrected chi connectivity index (χ3v) is 12.8. The quantitative estimate of drug-likeness (QED) is 0.0146. The summed E-state index contributed by atoms with van der Waals surface area (Å²) >= 11 is 0. The number of aliphatic hydroxyl groups is 5. The van der Waals surface area contributed by atoms with Crippen LogP contribution in [0.2, 0.25) is 0 Å². The zero-order valence-corrected chi connectivity index (χ0v) is 42.3. The average molecular weight is 969 g/mol. The highest BCUT2D eigenvalue weighted by Crippen LogP contribution is 2.47. The van der Waals surface area contributed by atoms with Gasteiger partial charge in [-0.1, -0.05) is 171 Å². The number of phosphoric acid groups is 1. The first-order chi connectivity index (χ1) is 32.4. The van der Waals surface area contributed by atoms with Crippen molar-refractivity contribution < 1.29 is 63.1 Å². The van der Waals surface area contributed by atoms with Crippen molar-refractivity contribution >= 4 is 19.8 Å². The fraction of sp³-hybridized carbons (Fsp3) is 0.774. The first-order valence-electron chi connectivity index (χ1n) is 26.1. The topological polar surface area (TPSA) is 210 Å². The van der Waals surface area contributed by atoms with Crippen molar-refractivity contribution in [3.63, 3.8) is 0 Å². The summed E-state index contributed by atoms with van der Waals surface area (Å²) in [5.74, 6) is -1.14. The Kier molecular flexibility index (Phi) is 39.6. The average Bonchev–Trinajstić information content (AvgIpc) is 3.31. The van der Waals surface area contributed by atoms with E-state index in [4.69, 9.17) is 18.5 Å². The van der Waals surface area contributed by atoms with Gasteiger partial charge in [0.25, 0.3) is 0 Å². The van der Waals surface area contributed by atoms with Gasteiger partial charge >= 0.3 is 19.8 Å². The van der Waals surface area contributed by atoms with Crippen molar-refractivity contribution in [1.82, 2.24) is 0 Å². The van der Waals surface area contributed by atoms with Crippen LogP contribution in [0.25, 0.3) is 0 Å². The van der Waals surface area contributed by atoms with Crippen LogP contribution < -0.4 is 0 Å². The van der Waals surface area contributed by atoms with Gasteiger partial charge in [0.05, 0.1) is 6.61 Å². The Balaban J connectivity index is 2.43. The molecule has 0 aliphatic heterocycles. The van der Waals surface area contributed by atoms with Gasteiger partial charge in [0.2, 0.25) is 0 Å². The number of unbranched alkanes of at least 4 members (excludes halogenated alkanes) is 21. The highest BCUT2D eigenvalue weighted by molar-refractivity contribution is 7.47. The summed E-state index contributed by atoms with van der Waals surface area (Å²) in [4.78, 5) is 35.8. The van der Waals surface area contributed by atoms with E-state index in [9.17, 15) is 44.6 Å². The van der Waals surface area contributed by atoms with Crippen LogP contribution in [-0.2, 0) is 32.7 Å². The Labute approximate surface area is 404 Å². The molecule has 0 bridgehead atoms. The first kappa shape index (κ1) is 62.6. The Bertz CT molecular complexity index is 1400. The molecule has 1 rings (SSSR count). The first-order valence-corrected chi connectivity index (χ1v) is 27.6. The highest BCUT2D eigenvalue weighted by Gasteiger charge is 2.51. The summed E-state index contributed by atoms with van der Waals surface area (Å²) in [6, 6.07) is 0. The molecular weight excluding hydrogens is 876 g/mol. The van der Waals surface area contributed by atoms with E-state index in [-0.39, 0.29) is 12.8 Å². The molecule has 0 amide bonds. The van der Waals surface area contributed by atoms with Crippen molar-refractivity contribution in [3.05, 3.63) is 60.8 Å². The SMILES string of the molecule is CCCCC/C=C\C/C=C\C/C=C\C/C=C\CCCCCC(=O)O[C@H](COC(=O)CCCCCCCCC/C=C\CCCCCCCCCC)COP(=O)(O)OC1C(O)C(O)C(O)[C@@H](O)C1O. The normalized spacial score (nSPS) is 21.6. The van der Waals surface area contributed by atoms with Gasteiger partial charge < -0.3 is 39.9 Å². The lowest BCUT2D eigenvalue weighted by molar-refractivity contribution is -0.220. The lowest BCUT2D eigenvalue weighted by Gasteiger charge is -2.41. The number of esters is 2. The van der Waals surface area contributed by atoms with E-state index in [1.54, 1.807) is 0 Å². The summed E-state index contributed by atoms with van der Waals surface area (Å²) in [6.45, 7) is 3.26. The van der Waals surface area contributed by atoms with E-state index in [0.29, 0.717) is 12.8 Å². The van der Waals surface area contributed by atoms with E-state index >= 15 is 0 Å². The Morgan fingerprint density at radius 3 is 1.28 bits per heavy atom. The number of carbonyl (C=O) groups excluding carboxylic acids is 2. The number of rotatable bonds is 43. The van der Waals surface area contributed by atoms with Crippen molar-refractivity contribution in [3.8, 4) is 0 Å². The number of hydrogen-bond acceptors (Lipinski definition) is 12. The summed E-state index contributed by atoms with van der Waals surface area (Å²) in [5.41, 5.74) is 0. The minimum absolute atomic E-state index is 0.0565. The number of aliphatic hydroxyl groups excluding tert-OH is 5. The molecule has 6 unspecified atom stereocenters. The second-order valence-electron chi connectivity index (χ2n) is 18.0. The van der Waals surface area contributed by atoms with Gasteiger partial charge in [-0.2, -0.15) is 0 Å². The molecule has 0 aromatic heterocycles. The van der Waals surface area contributed by atoms with Gasteiger partial charge in [0, 0.05) is 12.8 Å². The lowest BCUT2D eigenvalue weighted by Crippen LogP contribution is -2.64. The van der Waals surface area contributed by atoms with E-state index < -0.39 is 75.7 Å². The molecule has 1 aliphatic rings. The number of ether oxygens (including phenoxy) is 2. The predicted octanol–water partition coefficient (Wildman–Crippen LogP) is 11.3. The second-order valence-corrected chi connectivity index (χ2v) is 19.4. The van der Waals surface area contributed by atoms with Gasteiger partial charge in [0.15, 0.2) is 6.10 Å². The summed E-state index contributed by atoms with van der Waals surface area (Å²) < 4.78 is 33.6. The van der Waals surface area contributed by atoms with Crippen molar-refractivity contribution in [2.24, 2.45) is 0 Å². The van der Waals surface area contributed by atoms with Crippen LogP contribution in [0.5, 0.6) is 0 Å². The lowest BCUT2D eigenvalue weighted by atomic mass is 9.85. The number of allylic oxidation sites excluding steroid dienone is 10. The molecule has 0 radical (unpaired) electrons. The van der Waals surface area contributed by atoms with Gasteiger partial charge in [-0.05, 0) is 83.5 Å². The summed E-state index contributed by atoms with van der Waals surface area (Å²) in [7, 11) is -5.14. The van der Waals surface area contributed by atoms with Crippen LogP contribution in [0.15, 0.2) is 60.8 Å². The van der Waals surface area contributed by atoms with E-state index in [1.807, 2.05) is 0 Å². The van der Waals surface area contributed by atoms with Crippen molar-refractivity contribution in [2.45, 2.75) is 249 Å². The third-order valence-electron chi connectivity index (χ3n) is 11.8. The van der Waals surface area contributed by atoms with Gasteiger partial charge in [-0.25, -0.2) is 4.57 Å². The maximum absolute atomic E-state index is 12.9. The minimum Gasteiger partial charge on any atom is -0.462 e. The minimum atomic E-state index is -5.14. The molecule has 0 saturated heterocycles. The predicted molar refractivity (Wildman–Crippen MR) is 267 cm³/mol. The molecule has 6 N–H and O–H groups in total. The van der Waals surface area contributed by atoms with Gasteiger partial charge in [0.1, 0.15) is 43.2 Å². The summed E-state index contributed by atoms with van der Waals surface area (Å²) in [6.07, 6.45) is 39.8. The van der Waals surface area contributed by atoms with Crippen LogP contribution in [0.4, 0.5) is 0 Å². The van der Waals surface area contributed by atoms with Crippen LogP contribution >= 0.6 is 7.82 Å². The molecule has 0 aromatic rings. The molecule has 8 atom stereocenters. The Morgan fingerprint density at radius 2 is 0.806 bits per heavy atom. The molecule has 0 heterocycles. The van der Waals surface area contributed by atoms with Gasteiger partial charge in [-0.3, -0.25) is 18.6 Å². The molecule has 1 fully saturated rings. The molecule has 67 heavy (non-hydrogen) atoms. The third kappa shape index (κ3) is 34.5. The second kappa shape index (κ2) is 42.4. The maximum Gasteiger partial charge on any atom is 0.472 e. The van der Waals surface area contributed by atoms with Crippen LogP contribution in [0, 0.1) is 0 Å². The standard InChI is InChI=1S/C53H93O13P/c1-3-5-7-9-11-13-15-17-19-21-23-25-27-29-31-33-35-37-39-41-46(54)63-43-45(44-64-67(61,62)66-53-51(59)49(57)48(56)50(58)52(53)60)65-47(55)42-40-38-36-34-32-30-28-26-24-22-20-18-16-14-12-10-8-6-4-2/h12,14,18,20-21,23-24,26,30,32,45,48-53,56-60H,3-11,13,15-17,19,22,25,27-29,31,33-44H2,1-2H3,(H,61,62)/b14-12-,20-18-,23-21-,26-24-,32-30-/t45-,48?,49-,50?,51?,52?,53?/m1/s1. The van der Waals surface area contributed by atoms with Crippen LogP contribution in [0.1, 0.15) is 206 Å². The van der Waals surface area contributed by atoms with Gasteiger partial charge in [-0.15, -0.1) is 0 Å². The fourth-order valence-corrected chi connectivity index (χ4v) is 8.59. The van der Waals surface area contributed by atoms with E-state index in [1.165, 1.54) is 89.9 Å². The van der Waals surface area contributed by atoms with Crippen LogP contribution in [0.3, 0.4) is 0 Å². The maximum atomic E-state index is 12.9. The molecule has 0 aromatic carbocycles. The van der Waals surface area contributed by atoms with E-state index in [2.05, 4.69) is 74.6 Å². The smallest absolute Gasteiger partial charge is 0.462 e. The highest BCUT2D eigenvalue weighted by atomic mass is 31.2. The number of hydrogen-bond donors (Lipinski definition) is 6. The zero-order valence-electron chi connectivity index (χ0n) is 41.4. The molecule has 13 nitrogen and oxygen atoms in total. The van der Waals surface area contributed by atoms with Crippen LogP contribution in [-0.4, -0.2) is 98.3 Å². The molecule has 388 valence electrons. The van der Waals surface area contributed by atoms with Crippen molar-refractivity contribution in [2.75, 3.05) is 13.2 Å². The summed E-state index contributed by atoms with van der Waals surface area (Å²) in [5, 5.41) is 50.3. The van der Waals surface area contributed by atoms with E-state index in [0.717, 1.165) is 77.0 Å². The fourth-order valence-electron chi connectivity index (χ4n) is 7.62. The molecule has 1 saturated carbocycles. The Morgan fingerprint density at radius 1 is 0.463 bits per heavy atom.